The molecule has 1 atom stereocenters. The number of anilines is 1. The van der Waals surface area contributed by atoms with E-state index >= 15 is 0 Å². The van der Waals surface area contributed by atoms with Crippen LogP contribution in [0.1, 0.15) is 25.8 Å². The molecule has 0 aliphatic rings. The molecule has 3 rings (SSSR count). The third-order valence-corrected chi connectivity index (χ3v) is 8.33. The maximum atomic E-state index is 13.8. The maximum absolute atomic E-state index is 13.8. The van der Waals surface area contributed by atoms with Crippen molar-refractivity contribution in [3.05, 3.63) is 94.2 Å². The lowest BCUT2D eigenvalue weighted by Gasteiger charge is -2.33. The summed E-state index contributed by atoms with van der Waals surface area (Å²) in [4.78, 5) is 28.0. The second-order valence-electron chi connectivity index (χ2n) is 8.39. The van der Waals surface area contributed by atoms with Gasteiger partial charge in [0, 0.05) is 13.1 Å². The smallest absolute Gasteiger partial charge is 0.264 e. The Bertz CT molecular complexity index is 1370. The minimum atomic E-state index is -4.22. The number of likely N-dealkylation sites (N-methyl/N-ethyl adjacent to an activating group) is 1. The quantitative estimate of drug-likeness (QED) is 0.335. The van der Waals surface area contributed by atoms with Crippen molar-refractivity contribution in [1.29, 1.82) is 0 Å². The van der Waals surface area contributed by atoms with Crippen LogP contribution in [-0.4, -0.2) is 44.3 Å². The molecule has 0 saturated carbocycles. The van der Waals surface area contributed by atoms with Gasteiger partial charge < -0.3 is 10.2 Å². The summed E-state index contributed by atoms with van der Waals surface area (Å²) in [6.45, 7) is 3.23. The Morgan fingerprint density at radius 2 is 1.61 bits per heavy atom. The lowest BCUT2D eigenvalue weighted by Crippen LogP contribution is -2.52. The van der Waals surface area contributed by atoms with Crippen LogP contribution in [0.5, 0.6) is 0 Å². The highest BCUT2D eigenvalue weighted by Gasteiger charge is 2.33. The highest BCUT2D eigenvalue weighted by atomic mass is 35.5. The average Bonchev–Trinajstić information content (AvgIpc) is 2.90. The van der Waals surface area contributed by atoms with E-state index in [4.69, 9.17) is 23.2 Å². The summed E-state index contributed by atoms with van der Waals surface area (Å²) in [5, 5.41) is 3.35. The summed E-state index contributed by atoms with van der Waals surface area (Å²) < 4.78 is 41.9. The van der Waals surface area contributed by atoms with E-state index in [0.717, 1.165) is 16.4 Å². The van der Waals surface area contributed by atoms with E-state index in [1.807, 2.05) is 0 Å². The minimum Gasteiger partial charge on any atom is -0.355 e. The minimum absolute atomic E-state index is 0.0198. The van der Waals surface area contributed by atoms with E-state index in [0.29, 0.717) is 17.1 Å². The molecular formula is C27H28Cl2FN3O4S. The monoisotopic (exact) mass is 579 g/mol. The number of nitrogens with zero attached hydrogens (tertiary/aromatic N) is 2. The lowest BCUT2D eigenvalue weighted by atomic mass is 10.1. The number of hydrogen-bond donors (Lipinski definition) is 1. The highest BCUT2D eigenvalue weighted by Crippen LogP contribution is 2.26. The largest absolute Gasteiger partial charge is 0.355 e. The Hall–Kier alpha value is -3.14. The third kappa shape index (κ3) is 7.03. The van der Waals surface area contributed by atoms with E-state index in [1.165, 1.54) is 29.2 Å². The number of carbonyl (C=O) groups is 2. The number of carbonyl (C=O) groups excluding carboxylic acids is 2. The van der Waals surface area contributed by atoms with Crippen molar-refractivity contribution in [2.45, 2.75) is 37.8 Å². The molecule has 0 aromatic heterocycles. The first-order valence-corrected chi connectivity index (χ1v) is 14.1. The summed E-state index contributed by atoms with van der Waals surface area (Å²) in [7, 11) is -4.22. The van der Waals surface area contributed by atoms with Crippen LogP contribution >= 0.6 is 23.2 Å². The molecule has 0 radical (unpaired) electrons. The fourth-order valence-electron chi connectivity index (χ4n) is 3.90. The van der Waals surface area contributed by atoms with Crippen molar-refractivity contribution in [2.75, 3.05) is 17.4 Å². The molecule has 1 unspecified atom stereocenters. The molecular weight excluding hydrogens is 552 g/mol. The van der Waals surface area contributed by atoms with Gasteiger partial charge in [-0.2, -0.15) is 0 Å². The van der Waals surface area contributed by atoms with Crippen molar-refractivity contribution >= 4 is 50.7 Å². The van der Waals surface area contributed by atoms with Crippen molar-refractivity contribution < 1.29 is 22.4 Å². The van der Waals surface area contributed by atoms with Crippen LogP contribution in [0.4, 0.5) is 10.1 Å². The van der Waals surface area contributed by atoms with Crippen LogP contribution in [-0.2, 0) is 26.2 Å². The van der Waals surface area contributed by atoms with Gasteiger partial charge in [-0.15, -0.1) is 0 Å². The van der Waals surface area contributed by atoms with Crippen molar-refractivity contribution in [3.63, 3.8) is 0 Å². The van der Waals surface area contributed by atoms with Gasteiger partial charge >= 0.3 is 0 Å². The topological polar surface area (TPSA) is 86.8 Å². The molecule has 0 spiro atoms. The van der Waals surface area contributed by atoms with Gasteiger partial charge in [-0.1, -0.05) is 54.4 Å². The number of benzene rings is 3. The number of nitrogens with one attached hydrogen (secondary N) is 1. The zero-order valence-corrected chi connectivity index (χ0v) is 23.2. The van der Waals surface area contributed by atoms with Gasteiger partial charge in [-0.3, -0.25) is 13.9 Å². The summed E-state index contributed by atoms with van der Waals surface area (Å²) >= 11 is 12.2. The van der Waals surface area contributed by atoms with Gasteiger partial charge in [0.05, 0.1) is 20.6 Å². The maximum Gasteiger partial charge on any atom is 0.264 e. The summed E-state index contributed by atoms with van der Waals surface area (Å²) in [5.74, 6) is -1.55. The molecule has 7 nitrogen and oxygen atoms in total. The molecule has 0 aliphatic carbocycles. The summed E-state index contributed by atoms with van der Waals surface area (Å²) in [5.41, 5.74) is 0.707. The van der Waals surface area contributed by atoms with E-state index in [9.17, 15) is 22.4 Å². The molecule has 2 amide bonds. The van der Waals surface area contributed by atoms with E-state index in [2.05, 4.69) is 5.32 Å². The van der Waals surface area contributed by atoms with Crippen LogP contribution in [0.3, 0.4) is 0 Å². The molecule has 0 aliphatic heterocycles. The van der Waals surface area contributed by atoms with Gasteiger partial charge in [0.25, 0.3) is 10.0 Å². The number of amides is 2. The molecule has 3 aromatic rings. The van der Waals surface area contributed by atoms with Gasteiger partial charge in [0.2, 0.25) is 11.8 Å². The second-order valence-corrected chi connectivity index (χ2v) is 11.1. The van der Waals surface area contributed by atoms with Crippen LogP contribution in [0.25, 0.3) is 0 Å². The van der Waals surface area contributed by atoms with E-state index < -0.39 is 34.3 Å². The SMILES string of the molecule is CCNC(=O)C(CC)N(Cc1ccc(Cl)c(Cl)c1)C(=O)CN(c1ccc(F)cc1)S(=O)(=O)c1ccccc1. The highest BCUT2D eigenvalue weighted by molar-refractivity contribution is 7.92. The Morgan fingerprint density at radius 1 is 0.947 bits per heavy atom. The van der Waals surface area contributed by atoms with E-state index in [1.54, 1.807) is 50.2 Å². The Balaban J connectivity index is 2.05. The standard InChI is InChI=1S/C27H28Cl2FN3O4S/c1-3-25(27(35)31-4-2)32(17-19-10-15-23(28)24(29)16-19)26(34)18-33(21-13-11-20(30)12-14-21)38(36,37)22-8-6-5-7-9-22/h5-16,25H,3-4,17-18H2,1-2H3,(H,31,35). The molecule has 1 N–H and O–H groups in total. The lowest BCUT2D eigenvalue weighted by molar-refractivity contribution is -0.140. The first kappa shape index (κ1) is 29.4. The van der Waals surface area contributed by atoms with Gasteiger partial charge in [0.15, 0.2) is 0 Å². The summed E-state index contributed by atoms with van der Waals surface area (Å²) in [6.07, 6.45) is 0.279. The predicted octanol–water partition coefficient (Wildman–Crippen LogP) is 5.27. The third-order valence-electron chi connectivity index (χ3n) is 5.80. The predicted molar refractivity (Wildman–Crippen MR) is 147 cm³/mol. The normalized spacial score (nSPS) is 12.0. The molecule has 0 heterocycles. The van der Waals surface area contributed by atoms with Crippen LogP contribution in [0.15, 0.2) is 77.7 Å². The fourth-order valence-corrected chi connectivity index (χ4v) is 5.66. The number of hydrogen-bond acceptors (Lipinski definition) is 4. The molecule has 202 valence electrons. The number of sulfonamides is 1. The Labute approximate surface area is 232 Å². The average molecular weight is 581 g/mol. The fraction of sp³-hybridized carbons (Fsp3) is 0.259. The van der Waals surface area contributed by atoms with Crippen molar-refractivity contribution in [3.8, 4) is 0 Å². The van der Waals surface area contributed by atoms with Crippen LogP contribution < -0.4 is 9.62 Å². The first-order chi connectivity index (χ1) is 18.1. The van der Waals surface area contributed by atoms with Gasteiger partial charge in [-0.25, -0.2) is 12.8 Å². The second kappa shape index (κ2) is 13.1. The molecule has 0 fully saturated rings. The van der Waals surface area contributed by atoms with Gasteiger partial charge in [0.1, 0.15) is 18.4 Å². The summed E-state index contributed by atoms with van der Waals surface area (Å²) in [6, 6.07) is 16.4. The molecule has 3 aromatic carbocycles. The molecule has 0 saturated heterocycles. The zero-order chi connectivity index (χ0) is 27.9. The van der Waals surface area contributed by atoms with Crippen molar-refractivity contribution in [1.82, 2.24) is 10.2 Å². The van der Waals surface area contributed by atoms with Crippen LogP contribution in [0, 0.1) is 5.82 Å². The molecule has 0 bridgehead atoms. The van der Waals surface area contributed by atoms with E-state index in [-0.39, 0.29) is 34.5 Å². The van der Waals surface area contributed by atoms with Crippen LogP contribution in [0.2, 0.25) is 10.0 Å². The first-order valence-electron chi connectivity index (χ1n) is 11.9. The Morgan fingerprint density at radius 3 is 2.18 bits per heavy atom. The number of rotatable bonds is 11. The number of halogens is 3. The van der Waals surface area contributed by atoms with Gasteiger partial charge in [-0.05, 0) is 67.4 Å². The molecule has 11 heteroatoms. The Kier molecular flexibility index (Phi) is 10.1. The van der Waals surface area contributed by atoms with Crippen molar-refractivity contribution in [2.24, 2.45) is 0 Å². The zero-order valence-electron chi connectivity index (χ0n) is 20.9. The molecule has 38 heavy (non-hydrogen) atoms.